The molecule has 0 unspecified atom stereocenters. The van der Waals surface area contributed by atoms with Crippen molar-refractivity contribution in [3.63, 3.8) is 0 Å². The van der Waals surface area contributed by atoms with E-state index in [1.807, 2.05) is 12.1 Å². The van der Waals surface area contributed by atoms with Crippen molar-refractivity contribution in [2.24, 2.45) is 0 Å². The number of hydrogen-bond donors (Lipinski definition) is 3. The molecule has 3 heterocycles. The fraction of sp³-hybridized carbons (Fsp3) is 0.0833. The van der Waals surface area contributed by atoms with E-state index in [0.717, 1.165) is 0 Å². The largest absolute Gasteiger partial charge is 0.374 e. The van der Waals surface area contributed by atoms with Crippen LogP contribution in [0.5, 0.6) is 0 Å². The minimum absolute atomic E-state index is 0.229. The third kappa shape index (κ3) is 3.04. The summed E-state index contributed by atoms with van der Waals surface area (Å²) in [5.41, 5.74) is 1.12. The Bertz CT molecular complexity index is 1560. The first-order chi connectivity index (χ1) is 16.5. The minimum Gasteiger partial charge on any atom is -0.317 e. The van der Waals surface area contributed by atoms with Crippen molar-refractivity contribution in [2.45, 2.75) is 16.6 Å². The molecular weight excluding hydrogens is 477 g/mol. The average Bonchev–Trinajstić information content (AvgIpc) is 3.10. The van der Waals surface area contributed by atoms with Crippen molar-refractivity contribution in [1.82, 2.24) is 10.1 Å². The van der Waals surface area contributed by atoms with Gasteiger partial charge in [-0.1, -0.05) is 53.7 Å². The van der Waals surface area contributed by atoms with Crippen molar-refractivity contribution >= 4 is 40.6 Å². The lowest BCUT2D eigenvalue weighted by molar-refractivity contribution is -0.781. The maximum atomic E-state index is 14.1. The Hall–Kier alpha value is -3.69. The molecule has 3 aromatic carbocycles. The molecule has 1 aromatic heterocycles. The van der Waals surface area contributed by atoms with Gasteiger partial charge in [-0.05, 0) is 46.6 Å². The smallest absolute Gasteiger partial charge is 0.317 e. The van der Waals surface area contributed by atoms with E-state index in [1.54, 1.807) is 48.5 Å². The van der Waals surface area contributed by atoms with Gasteiger partial charge < -0.3 is 10.6 Å². The number of benzene rings is 3. The second kappa shape index (κ2) is 7.68. The van der Waals surface area contributed by atoms with Crippen molar-refractivity contribution in [1.29, 1.82) is 0 Å². The normalized spacial score (nSPS) is 17.5. The van der Waals surface area contributed by atoms with Gasteiger partial charge >= 0.3 is 22.8 Å². The first-order valence-electron chi connectivity index (χ1n) is 10.4. The SMILES string of the molecule is O=C1Nc2ccc(Cl)cc2[C@]12Nc1ccccc1-c1c(=O)[nH]c(SCc3ccccc3F)n[n+]12. The molecule has 34 heavy (non-hydrogen) atoms. The van der Waals surface area contributed by atoms with Crippen LogP contribution in [0.4, 0.5) is 15.8 Å². The van der Waals surface area contributed by atoms with Crippen LogP contribution in [0.3, 0.4) is 0 Å². The Kier molecular flexibility index (Phi) is 4.72. The van der Waals surface area contributed by atoms with E-state index in [4.69, 9.17) is 11.6 Å². The van der Waals surface area contributed by atoms with Crippen molar-refractivity contribution in [2.75, 3.05) is 10.6 Å². The summed E-state index contributed by atoms with van der Waals surface area (Å²) in [7, 11) is 0. The predicted octanol–water partition coefficient (Wildman–Crippen LogP) is 3.89. The second-order valence-electron chi connectivity index (χ2n) is 7.92. The van der Waals surface area contributed by atoms with E-state index >= 15 is 0 Å². The standard InChI is InChI=1S/C24H15ClFN5O2S/c25-14-9-10-19-16(11-14)24(22(33)27-19)29-18-8-4-2-6-15(18)20-21(32)28-23(30-31(20)24)34-12-13-5-1-3-7-17(13)26/h1-11H,12H2,(H2,27,28,30,32,33)/p+1/t24-/m1/s1. The highest BCUT2D eigenvalue weighted by Gasteiger charge is 2.62. The fourth-order valence-corrected chi connectivity index (χ4v) is 5.37. The van der Waals surface area contributed by atoms with Crippen molar-refractivity contribution < 1.29 is 13.9 Å². The summed E-state index contributed by atoms with van der Waals surface area (Å²) < 4.78 is 15.5. The summed E-state index contributed by atoms with van der Waals surface area (Å²) in [5.74, 6) is -0.483. The van der Waals surface area contributed by atoms with Crippen molar-refractivity contribution in [3.8, 4) is 11.3 Å². The summed E-state index contributed by atoms with van der Waals surface area (Å²) >= 11 is 7.46. The van der Waals surface area contributed by atoms with E-state index in [-0.39, 0.29) is 22.4 Å². The molecule has 1 amide bonds. The van der Waals surface area contributed by atoms with Crippen LogP contribution in [0.15, 0.2) is 76.7 Å². The van der Waals surface area contributed by atoms with E-state index in [2.05, 4.69) is 20.7 Å². The molecule has 2 aliphatic rings. The zero-order valence-electron chi connectivity index (χ0n) is 17.4. The Labute approximate surface area is 202 Å². The van der Waals surface area contributed by atoms with E-state index < -0.39 is 17.1 Å². The molecule has 3 N–H and O–H groups in total. The lowest BCUT2D eigenvalue weighted by atomic mass is 9.95. The number of halogens is 2. The molecule has 0 saturated heterocycles. The van der Waals surface area contributed by atoms with Gasteiger partial charge in [0, 0.05) is 15.9 Å². The summed E-state index contributed by atoms with van der Waals surface area (Å²) in [6.07, 6.45) is 0. The Morgan fingerprint density at radius 1 is 1.03 bits per heavy atom. The Morgan fingerprint density at radius 2 is 1.82 bits per heavy atom. The molecule has 0 bridgehead atoms. The third-order valence-corrected chi connectivity index (χ3v) is 7.07. The van der Waals surface area contributed by atoms with Crippen LogP contribution in [0.25, 0.3) is 11.3 Å². The molecule has 0 radical (unpaired) electrons. The van der Waals surface area contributed by atoms with Crippen LogP contribution in [0.1, 0.15) is 11.1 Å². The highest BCUT2D eigenvalue weighted by molar-refractivity contribution is 7.98. The van der Waals surface area contributed by atoms with Gasteiger partial charge in [-0.15, -0.1) is 0 Å². The van der Waals surface area contributed by atoms with Gasteiger partial charge in [0.2, 0.25) is 5.16 Å². The van der Waals surface area contributed by atoms with E-state index in [9.17, 15) is 14.0 Å². The summed E-state index contributed by atoms with van der Waals surface area (Å²) in [4.78, 5) is 29.6. The summed E-state index contributed by atoms with van der Waals surface area (Å²) in [6, 6.07) is 18.7. The number of aromatic nitrogens is 3. The zero-order valence-corrected chi connectivity index (χ0v) is 19.0. The molecule has 4 aromatic rings. The van der Waals surface area contributed by atoms with Crippen molar-refractivity contribution in [3.05, 3.63) is 99.1 Å². The van der Waals surface area contributed by atoms with Gasteiger partial charge in [-0.25, -0.2) is 4.39 Å². The number of para-hydroxylation sites is 1. The molecule has 0 fully saturated rings. The number of carbonyl (C=O) groups excluding carboxylic acids is 1. The topological polar surface area (TPSA) is 90.8 Å². The van der Waals surface area contributed by atoms with Crippen LogP contribution in [-0.2, 0) is 16.2 Å². The molecule has 6 rings (SSSR count). The number of anilines is 2. The number of carbonyl (C=O) groups is 1. The lowest BCUT2D eigenvalue weighted by Gasteiger charge is -2.28. The number of amides is 1. The predicted molar refractivity (Wildman–Crippen MR) is 127 cm³/mol. The lowest BCUT2D eigenvalue weighted by Crippen LogP contribution is -2.71. The first-order valence-corrected chi connectivity index (χ1v) is 11.8. The van der Waals surface area contributed by atoms with Gasteiger partial charge in [0.1, 0.15) is 5.82 Å². The van der Waals surface area contributed by atoms with Gasteiger partial charge in [0.15, 0.2) is 0 Å². The van der Waals surface area contributed by atoms with E-state index in [0.29, 0.717) is 33.1 Å². The quantitative estimate of drug-likeness (QED) is 0.298. The fourth-order valence-electron chi connectivity index (χ4n) is 4.36. The molecule has 10 heteroatoms. The van der Waals surface area contributed by atoms with Gasteiger partial charge in [0.25, 0.3) is 0 Å². The van der Waals surface area contributed by atoms with Gasteiger partial charge in [0.05, 0.1) is 22.5 Å². The Balaban J connectivity index is 1.56. The number of nitrogens with zero attached hydrogens (tertiary/aromatic N) is 2. The minimum atomic E-state index is -1.52. The molecule has 2 aliphatic heterocycles. The number of fused-ring (bicyclic) bond motifs is 6. The summed E-state index contributed by atoms with van der Waals surface area (Å²) in [6.45, 7) is 0. The molecule has 1 spiro atoms. The molecule has 0 aliphatic carbocycles. The van der Waals surface area contributed by atoms with Crippen LogP contribution < -0.4 is 20.9 Å². The highest BCUT2D eigenvalue weighted by atomic mass is 35.5. The number of nitrogens with one attached hydrogen (secondary N) is 3. The molecule has 1 atom stereocenters. The maximum Gasteiger partial charge on any atom is 0.374 e. The van der Waals surface area contributed by atoms with E-state index in [1.165, 1.54) is 22.5 Å². The number of rotatable bonds is 3. The Morgan fingerprint density at radius 3 is 2.68 bits per heavy atom. The third-order valence-electron chi connectivity index (χ3n) is 5.92. The van der Waals surface area contributed by atoms with Crippen LogP contribution in [0, 0.1) is 5.82 Å². The second-order valence-corrected chi connectivity index (χ2v) is 9.33. The number of H-pyrrole nitrogens is 1. The van der Waals surface area contributed by atoms with Crippen LogP contribution in [-0.4, -0.2) is 16.0 Å². The maximum absolute atomic E-state index is 14.1. The summed E-state index contributed by atoms with van der Waals surface area (Å²) in [5, 5.41) is 11.5. The highest BCUT2D eigenvalue weighted by Crippen LogP contribution is 2.42. The monoisotopic (exact) mass is 492 g/mol. The number of thioether (sulfide) groups is 1. The number of hydrogen-bond acceptors (Lipinski definition) is 5. The van der Waals surface area contributed by atoms with Gasteiger partial charge in [-0.2, -0.15) is 0 Å². The average molecular weight is 493 g/mol. The van der Waals surface area contributed by atoms with Gasteiger partial charge in [-0.3, -0.25) is 14.6 Å². The molecule has 168 valence electrons. The first kappa shape index (κ1) is 20.9. The van der Waals surface area contributed by atoms with Crippen LogP contribution >= 0.6 is 23.4 Å². The molecular formula is C24H16ClFN5O2S+. The molecule has 0 saturated carbocycles. The van der Waals surface area contributed by atoms with Crippen LogP contribution in [0.2, 0.25) is 5.02 Å². The molecule has 7 nitrogen and oxygen atoms in total. The zero-order chi connectivity index (χ0) is 23.4. The number of aromatic amines is 1.